The van der Waals surface area contributed by atoms with E-state index in [2.05, 4.69) is 97.1 Å². The Labute approximate surface area is 250 Å². The molecule has 0 heterocycles. The minimum Gasteiger partial charge on any atom is -0.465 e. The van der Waals surface area contributed by atoms with Gasteiger partial charge in [-0.15, -0.1) is 0 Å². The van der Waals surface area contributed by atoms with Gasteiger partial charge >= 0.3 is 5.97 Å². The van der Waals surface area contributed by atoms with Crippen molar-refractivity contribution < 1.29 is 9.53 Å². The molecule has 2 nitrogen and oxygen atoms in total. The van der Waals surface area contributed by atoms with E-state index in [9.17, 15) is 4.79 Å². The first kappa shape index (κ1) is 30.6. The highest BCUT2D eigenvalue weighted by molar-refractivity contribution is 8.24. The van der Waals surface area contributed by atoms with Gasteiger partial charge in [-0.05, 0) is 61.0 Å². The minimum absolute atomic E-state index is 0.131. The van der Waals surface area contributed by atoms with Crippen LogP contribution in [0.3, 0.4) is 0 Å². The molecule has 0 aliphatic carbocycles. The molecular weight excluding hydrogens is 566 g/mol. The predicted octanol–water partition coefficient (Wildman–Crippen LogP) is 6.99. The minimum atomic E-state index is -2.31. The molecule has 4 aromatic rings. The molecule has 0 spiro atoms. The third-order valence-electron chi connectivity index (χ3n) is 7.14. The van der Waals surface area contributed by atoms with Gasteiger partial charge in [-0.1, -0.05) is 145 Å². The van der Waals surface area contributed by atoms with Gasteiger partial charge in [0.15, 0.2) is 0 Å². The lowest BCUT2D eigenvalue weighted by Crippen LogP contribution is -2.32. The molecule has 0 fully saturated rings. The van der Waals surface area contributed by atoms with Crippen LogP contribution in [0.4, 0.5) is 0 Å². The Morgan fingerprint density at radius 1 is 0.675 bits per heavy atom. The number of esters is 1. The van der Waals surface area contributed by atoms with Gasteiger partial charge in [0.2, 0.25) is 0 Å². The topological polar surface area (TPSA) is 26.3 Å². The summed E-state index contributed by atoms with van der Waals surface area (Å²) < 4.78 is 5.70. The van der Waals surface area contributed by atoms with Crippen LogP contribution < -0.4 is 21.2 Å². The molecule has 0 aromatic heterocycles. The zero-order valence-corrected chi connectivity index (χ0v) is 26.9. The molecule has 1 unspecified atom stereocenters. The second-order valence-electron chi connectivity index (χ2n) is 11.1. The number of carbonyl (C=O) groups is 1. The smallest absolute Gasteiger partial charge is 0.311 e. The van der Waals surface area contributed by atoms with Crippen molar-refractivity contribution in [2.45, 2.75) is 39.3 Å². The zero-order valence-electron chi connectivity index (χ0n) is 23.5. The maximum atomic E-state index is 12.5. The summed E-state index contributed by atoms with van der Waals surface area (Å²) in [6.45, 7) is 6.04. The van der Waals surface area contributed by atoms with Crippen LogP contribution in [0.2, 0.25) is 0 Å². The number of hydrogen-bond acceptors (Lipinski definition) is 4. The number of ether oxygens (including phenoxy) is 1. The maximum absolute atomic E-state index is 12.5. The molecular formula is C34H38O2P2S2. The van der Waals surface area contributed by atoms with E-state index in [0.29, 0.717) is 6.61 Å². The van der Waals surface area contributed by atoms with Crippen molar-refractivity contribution >= 4 is 62.9 Å². The lowest BCUT2D eigenvalue weighted by atomic mass is 9.97. The van der Waals surface area contributed by atoms with Gasteiger partial charge in [-0.2, -0.15) is 0 Å². The lowest BCUT2D eigenvalue weighted by molar-refractivity contribution is -0.153. The third kappa shape index (κ3) is 7.10. The largest absolute Gasteiger partial charge is 0.465 e. The van der Waals surface area contributed by atoms with E-state index in [4.69, 9.17) is 28.4 Å². The molecule has 4 aromatic carbocycles. The van der Waals surface area contributed by atoms with Gasteiger partial charge in [-0.25, -0.2) is 0 Å². The summed E-state index contributed by atoms with van der Waals surface area (Å²) in [5.41, 5.74) is -0.392. The van der Waals surface area contributed by atoms with Crippen LogP contribution in [0.5, 0.6) is 0 Å². The van der Waals surface area contributed by atoms with Gasteiger partial charge < -0.3 is 4.74 Å². The molecule has 1 atom stereocenters. The molecule has 4 rings (SSSR count). The fourth-order valence-electron chi connectivity index (χ4n) is 4.95. The van der Waals surface area contributed by atoms with Crippen molar-refractivity contribution in [2.75, 3.05) is 12.8 Å². The fourth-order valence-corrected chi connectivity index (χ4v) is 15.6. The highest BCUT2D eigenvalue weighted by Gasteiger charge is 2.37. The maximum Gasteiger partial charge on any atom is 0.311 e. The number of hydrogen-bond donors (Lipinski definition) is 0. The third-order valence-corrected chi connectivity index (χ3v) is 18.1. The van der Waals surface area contributed by atoms with Gasteiger partial charge in [0.25, 0.3) is 0 Å². The van der Waals surface area contributed by atoms with Crippen LogP contribution in [0.1, 0.15) is 33.6 Å². The second-order valence-corrected chi connectivity index (χ2v) is 20.7. The summed E-state index contributed by atoms with van der Waals surface area (Å²) in [7, 11) is 0. The predicted molar refractivity (Wildman–Crippen MR) is 181 cm³/mol. The first-order valence-corrected chi connectivity index (χ1v) is 19.6. The molecule has 40 heavy (non-hydrogen) atoms. The van der Waals surface area contributed by atoms with Crippen molar-refractivity contribution in [3.63, 3.8) is 0 Å². The Hall–Kier alpha value is -2.35. The van der Waals surface area contributed by atoms with Crippen LogP contribution in [0.25, 0.3) is 0 Å². The summed E-state index contributed by atoms with van der Waals surface area (Å²) in [5.74, 6) is -0.173. The molecule has 0 aliphatic heterocycles. The van der Waals surface area contributed by atoms with Crippen molar-refractivity contribution in [1.82, 2.24) is 0 Å². The molecule has 0 saturated carbocycles. The summed E-state index contributed by atoms with van der Waals surface area (Å²) in [6.07, 6.45) is 2.38. The van der Waals surface area contributed by atoms with Gasteiger partial charge in [0, 0.05) is 17.7 Å². The van der Waals surface area contributed by atoms with E-state index in [1.807, 2.05) is 45.0 Å². The van der Waals surface area contributed by atoms with Crippen LogP contribution in [-0.4, -0.2) is 24.4 Å². The van der Waals surface area contributed by atoms with E-state index in [0.717, 1.165) is 19.0 Å². The van der Waals surface area contributed by atoms with Crippen LogP contribution in [0, 0.1) is 5.41 Å². The van der Waals surface area contributed by atoms with Crippen molar-refractivity contribution in [3.8, 4) is 0 Å². The monoisotopic (exact) mass is 604 g/mol. The summed E-state index contributed by atoms with van der Waals surface area (Å²) in [6, 6.07) is 37.9. The van der Waals surface area contributed by atoms with Crippen molar-refractivity contribution in [3.05, 3.63) is 121 Å². The van der Waals surface area contributed by atoms with Gasteiger partial charge in [-0.3, -0.25) is 4.79 Å². The van der Waals surface area contributed by atoms with Crippen LogP contribution in [-0.2, 0) is 33.1 Å². The van der Waals surface area contributed by atoms with Gasteiger partial charge in [0.05, 0.1) is 12.0 Å². The van der Waals surface area contributed by atoms with E-state index < -0.39 is 17.5 Å². The Morgan fingerprint density at radius 3 is 1.43 bits per heavy atom. The summed E-state index contributed by atoms with van der Waals surface area (Å²) >= 11 is 13.6. The molecule has 0 amide bonds. The average molecular weight is 605 g/mol. The Morgan fingerprint density at radius 2 is 1.05 bits per heavy atom. The standard InChI is InChI=1S/C34H38O2P2S2/c1-34(2,3)33(35)36-26-16-25-32(38(40,30-21-12-6-13-22-30)31-23-14-7-15-24-31)27-37(39,28-17-8-4-9-18-28)29-19-10-5-11-20-29/h4-15,17-24,32H,16,25-27H2,1-3H3. The highest BCUT2D eigenvalue weighted by Crippen LogP contribution is 2.57. The zero-order chi connectivity index (χ0) is 28.6. The molecule has 0 saturated heterocycles. The molecule has 6 heteroatoms. The highest BCUT2D eigenvalue weighted by atomic mass is 32.4. The quantitative estimate of drug-likeness (QED) is 0.105. The Bertz CT molecular complexity index is 1380. The normalized spacial score (nSPS) is 13.0. The summed E-state index contributed by atoms with van der Waals surface area (Å²) in [4.78, 5) is 12.5. The fraction of sp³-hybridized carbons (Fsp3) is 0.265. The molecule has 208 valence electrons. The van der Waals surface area contributed by atoms with Crippen LogP contribution >= 0.6 is 12.1 Å². The van der Waals surface area contributed by atoms with E-state index in [-0.39, 0.29) is 11.6 Å². The first-order chi connectivity index (χ1) is 19.2. The molecule has 0 N–H and O–H groups in total. The van der Waals surface area contributed by atoms with E-state index >= 15 is 0 Å². The Kier molecular flexibility index (Phi) is 10.4. The first-order valence-electron chi connectivity index (χ1n) is 13.7. The second kappa shape index (κ2) is 13.5. The van der Waals surface area contributed by atoms with Crippen molar-refractivity contribution in [1.29, 1.82) is 0 Å². The number of benzene rings is 4. The molecule has 0 bridgehead atoms. The molecule has 0 aliphatic rings. The Balaban J connectivity index is 1.81. The summed E-state index contributed by atoms with van der Waals surface area (Å²) in [5, 5.41) is 4.83. The average Bonchev–Trinajstić information content (AvgIpc) is 2.99. The SMILES string of the molecule is CC(C)(C)C(=O)OCCCC(CP(=S)(c1ccccc1)c1ccccc1)P(=S)(c1ccccc1)c1ccccc1. The number of carbonyl (C=O) groups excluding carboxylic acids is 1. The van der Waals surface area contributed by atoms with Gasteiger partial charge in [0.1, 0.15) is 0 Å². The van der Waals surface area contributed by atoms with E-state index in [1.165, 1.54) is 21.2 Å². The van der Waals surface area contributed by atoms with E-state index in [1.54, 1.807) is 0 Å². The van der Waals surface area contributed by atoms with Crippen LogP contribution in [0.15, 0.2) is 121 Å². The van der Waals surface area contributed by atoms with Crippen molar-refractivity contribution in [2.24, 2.45) is 5.41 Å². The lowest BCUT2D eigenvalue weighted by Gasteiger charge is -2.37. The molecule has 0 radical (unpaired) electrons. The number of rotatable bonds is 11.